The number of amides is 1. The second kappa shape index (κ2) is 6.97. The first-order valence-electron chi connectivity index (χ1n) is 7.62. The fraction of sp³-hybridized carbons (Fsp3) is 0.438. The maximum atomic E-state index is 12.4. The van der Waals surface area contributed by atoms with Crippen LogP contribution in [-0.2, 0) is 16.0 Å². The predicted octanol–water partition coefficient (Wildman–Crippen LogP) is 3.46. The number of aryl methyl sites for hydroxylation is 1. The lowest BCUT2D eigenvalue weighted by molar-refractivity contribution is -0.152. The molecule has 23 heavy (non-hydrogen) atoms. The molecule has 1 N–H and O–H groups in total. The van der Waals surface area contributed by atoms with Gasteiger partial charge in [-0.3, -0.25) is 4.79 Å². The molecule has 2 heterocycles. The van der Waals surface area contributed by atoms with Crippen LogP contribution in [0.15, 0.2) is 22.7 Å². The largest absolute Gasteiger partial charge is 0.480 e. The van der Waals surface area contributed by atoms with E-state index in [9.17, 15) is 14.7 Å². The Hall–Kier alpha value is -1.47. The zero-order chi connectivity index (χ0) is 16.4. The highest BCUT2D eigenvalue weighted by atomic mass is 79.9. The van der Waals surface area contributed by atoms with Gasteiger partial charge in [0.1, 0.15) is 6.04 Å². The van der Waals surface area contributed by atoms with Crippen LogP contribution in [0.5, 0.6) is 0 Å². The molecule has 0 bridgehead atoms. The number of carbonyl (C=O) groups excluding carboxylic acids is 1. The molecule has 1 aromatic heterocycles. The van der Waals surface area contributed by atoms with E-state index < -0.39 is 12.0 Å². The minimum absolute atomic E-state index is 0.0856. The predicted molar refractivity (Wildman–Crippen MR) is 92.6 cm³/mol. The average Bonchev–Trinajstić information content (AvgIpc) is 2.94. The number of hydrogen-bond donors (Lipinski definition) is 1. The molecular formula is C16H17BrN2O3S. The number of halogens is 1. The summed E-state index contributed by atoms with van der Waals surface area (Å²) in [6.45, 7) is 0.544. The Kier molecular flexibility index (Phi) is 4.96. The average molecular weight is 397 g/mol. The van der Waals surface area contributed by atoms with Crippen LogP contribution in [0.3, 0.4) is 0 Å². The van der Waals surface area contributed by atoms with Crippen LogP contribution in [0.2, 0.25) is 0 Å². The SMILES string of the molecule is O=C(O)[C@@H]1CCCCN1C(=O)CCc1nc2cc(Br)ccc2s1. The van der Waals surface area contributed by atoms with Gasteiger partial charge in [-0.2, -0.15) is 0 Å². The van der Waals surface area contributed by atoms with E-state index >= 15 is 0 Å². The first-order valence-corrected chi connectivity index (χ1v) is 9.23. The van der Waals surface area contributed by atoms with Crippen molar-refractivity contribution >= 4 is 49.4 Å². The Labute approximate surface area is 146 Å². The molecule has 0 radical (unpaired) electrons. The van der Waals surface area contributed by atoms with E-state index in [-0.39, 0.29) is 5.91 Å². The smallest absolute Gasteiger partial charge is 0.326 e. The maximum absolute atomic E-state index is 12.4. The maximum Gasteiger partial charge on any atom is 0.326 e. The van der Waals surface area contributed by atoms with Crippen molar-refractivity contribution in [2.45, 2.75) is 38.1 Å². The molecule has 1 saturated heterocycles. The van der Waals surface area contributed by atoms with Gasteiger partial charge in [0.15, 0.2) is 0 Å². The molecule has 1 aliphatic heterocycles. The molecule has 1 fully saturated rings. The molecule has 1 atom stereocenters. The molecule has 0 saturated carbocycles. The van der Waals surface area contributed by atoms with Crippen LogP contribution >= 0.6 is 27.3 Å². The van der Waals surface area contributed by atoms with E-state index in [4.69, 9.17) is 0 Å². The van der Waals surface area contributed by atoms with Crippen molar-refractivity contribution in [3.63, 3.8) is 0 Å². The molecule has 5 nitrogen and oxygen atoms in total. The summed E-state index contributed by atoms with van der Waals surface area (Å²) in [4.78, 5) is 29.7. The van der Waals surface area contributed by atoms with Gasteiger partial charge in [0.05, 0.1) is 15.2 Å². The van der Waals surface area contributed by atoms with Crippen molar-refractivity contribution < 1.29 is 14.7 Å². The molecule has 0 spiro atoms. The summed E-state index contributed by atoms with van der Waals surface area (Å²) in [6.07, 6.45) is 3.16. The van der Waals surface area contributed by atoms with Gasteiger partial charge in [-0.1, -0.05) is 15.9 Å². The fourth-order valence-corrected chi connectivity index (χ4v) is 4.20. The third kappa shape index (κ3) is 3.72. The van der Waals surface area contributed by atoms with Crippen molar-refractivity contribution in [2.75, 3.05) is 6.54 Å². The quantitative estimate of drug-likeness (QED) is 0.858. The summed E-state index contributed by atoms with van der Waals surface area (Å²) in [6, 6.07) is 5.28. The number of nitrogens with zero attached hydrogens (tertiary/aromatic N) is 2. The van der Waals surface area contributed by atoms with Crippen LogP contribution in [0.1, 0.15) is 30.7 Å². The number of benzene rings is 1. The van der Waals surface area contributed by atoms with Crippen LogP contribution in [0.4, 0.5) is 0 Å². The van der Waals surface area contributed by atoms with E-state index in [2.05, 4.69) is 20.9 Å². The normalized spacial score (nSPS) is 18.3. The van der Waals surface area contributed by atoms with Crippen LogP contribution < -0.4 is 0 Å². The van der Waals surface area contributed by atoms with E-state index in [1.165, 1.54) is 4.90 Å². The number of aliphatic carboxylic acids is 1. The van der Waals surface area contributed by atoms with E-state index in [0.717, 1.165) is 32.5 Å². The number of carboxylic acid groups (broad SMARTS) is 1. The highest BCUT2D eigenvalue weighted by Crippen LogP contribution is 2.26. The Balaban J connectivity index is 1.66. The third-order valence-corrected chi connectivity index (χ3v) is 5.64. The zero-order valence-electron chi connectivity index (χ0n) is 12.5. The van der Waals surface area contributed by atoms with Crippen molar-refractivity contribution in [3.05, 3.63) is 27.7 Å². The van der Waals surface area contributed by atoms with Crippen LogP contribution in [0.25, 0.3) is 10.2 Å². The number of thiazole rings is 1. The number of likely N-dealkylation sites (tertiary alicyclic amines) is 1. The summed E-state index contributed by atoms with van der Waals surface area (Å²) in [5.41, 5.74) is 0.924. The lowest BCUT2D eigenvalue weighted by Crippen LogP contribution is -2.48. The molecule has 1 amide bonds. The van der Waals surface area contributed by atoms with Gasteiger partial charge in [-0.25, -0.2) is 9.78 Å². The highest BCUT2D eigenvalue weighted by Gasteiger charge is 2.31. The van der Waals surface area contributed by atoms with Gasteiger partial charge in [-0.05, 0) is 37.5 Å². The number of aromatic nitrogens is 1. The molecule has 122 valence electrons. The number of hydrogen-bond acceptors (Lipinski definition) is 4. The zero-order valence-corrected chi connectivity index (χ0v) is 14.9. The Morgan fingerprint density at radius 2 is 2.22 bits per heavy atom. The highest BCUT2D eigenvalue weighted by molar-refractivity contribution is 9.10. The fourth-order valence-electron chi connectivity index (χ4n) is 2.90. The lowest BCUT2D eigenvalue weighted by atomic mass is 10.0. The minimum Gasteiger partial charge on any atom is -0.480 e. The first-order chi connectivity index (χ1) is 11.0. The topological polar surface area (TPSA) is 70.5 Å². The van der Waals surface area contributed by atoms with E-state index in [0.29, 0.717) is 25.8 Å². The summed E-state index contributed by atoms with van der Waals surface area (Å²) in [5.74, 6) is -0.986. The Morgan fingerprint density at radius 1 is 1.39 bits per heavy atom. The monoisotopic (exact) mass is 396 g/mol. The van der Waals surface area contributed by atoms with Crippen LogP contribution in [0, 0.1) is 0 Å². The number of fused-ring (bicyclic) bond motifs is 1. The van der Waals surface area contributed by atoms with Gasteiger partial charge in [0.2, 0.25) is 5.91 Å². The number of carboxylic acids is 1. The Morgan fingerprint density at radius 3 is 3.00 bits per heavy atom. The summed E-state index contributed by atoms with van der Waals surface area (Å²) >= 11 is 5.01. The van der Waals surface area contributed by atoms with Crippen LogP contribution in [-0.4, -0.2) is 39.5 Å². The lowest BCUT2D eigenvalue weighted by Gasteiger charge is -2.33. The van der Waals surface area contributed by atoms with Gasteiger partial charge in [0, 0.05) is 23.9 Å². The Bertz CT molecular complexity index is 746. The minimum atomic E-state index is -0.900. The molecule has 0 aliphatic carbocycles. The van der Waals surface area contributed by atoms with Crippen molar-refractivity contribution in [1.29, 1.82) is 0 Å². The molecule has 2 aromatic rings. The molecule has 1 aromatic carbocycles. The third-order valence-electron chi connectivity index (χ3n) is 4.05. The first kappa shape index (κ1) is 16.4. The summed E-state index contributed by atoms with van der Waals surface area (Å²) in [5, 5.41) is 10.2. The second-order valence-electron chi connectivity index (χ2n) is 5.66. The summed E-state index contributed by atoms with van der Waals surface area (Å²) < 4.78 is 2.08. The van der Waals surface area contributed by atoms with E-state index in [1.54, 1.807) is 11.3 Å². The number of carbonyl (C=O) groups is 2. The summed E-state index contributed by atoms with van der Waals surface area (Å²) in [7, 11) is 0. The standard InChI is InChI=1S/C16H17BrN2O3S/c17-10-4-5-13-11(9-10)18-14(23-13)6-7-15(20)19-8-2-1-3-12(19)16(21)22/h4-5,9,12H,1-3,6-8H2,(H,21,22)/t12-/m0/s1. The van der Waals surface area contributed by atoms with E-state index in [1.807, 2.05) is 18.2 Å². The van der Waals surface area contributed by atoms with Gasteiger partial charge in [-0.15, -0.1) is 11.3 Å². The van der Waals surface area contributed by atoms with Gasteiger partial charge < -0.3 is 10.0 Å². The van der Waals surface area contributed by atoms with Crippen molar-refractivity contribution in [1.82, 2.24) is 9.88 Å². The number of rotatable bonds is 4. The molecule has 3 rings (SSSR count). The van der Waals surface area contributed by atoms with Gasteiger partial charge in [0.25, 0.3) is 0 Å². The second-order valence-corrected chi connectivity index (χ2v) is 7.69. The molecule has 0 unspecified atom stereocenters. The molecule has 7 heteroatoms. The molecule has 1 aliphatic rings. The van der Waals surface area contributed by atoms with Crippen molar-refractivity contribution in [2.24, 2.45) is 0 Å². The molecular weight excluding hydrogens is 380 g/mol. The van der Waals surface area contributed by atoms with Gasteiger partial charge >= 0.3 is 5.97 Å². The van der Waals surface area contributed by atoms with Crippen molar-refractivity contribution in [3.8, 4) is 0 Å². The number of piperidine rings is 1.